The van der Waals surface area contributed by atoms with Crippen LogP contribution in [-0.2, 0) is 13.6 Å². The predicted octanol–water partition coefficient (Wildman–Crippen LogP) is 4.49. The first-order chi connectivity index (χ1) is 11.1. The molecular formula is C17H18NO4P. The predicted molar refractivity (Wildman–Crippen MR) is 89.8 cm³/mol. The summed E-state index contributed by atoms with van der Waals surface area (Å²) in [7, 11) is -3.47. The summed E-state index contributed by atoms with van der Waals surface area (Å²) in [5, 5.41) is 2.88. The molecule has 0 radical (unpaired) electrons. The molecule has 0 saturated carbocycles. The Morgan fingerprint density at radius 1 is 0.913 bits per heavy atom. The van der Waals surface area contributed by atoms with Gasteiger partial charge in [0, 0.05) is 16.7 Å². The molecule has 0 unspecified atom stereocenters. The lowest BCUT2D eigenvalue weighted by molar-refractivity contribution is 0.104. The quantitative estimate of drug-likeness (QED) is 0.674. The van der Waals surface area contributed by atoms with Crippen LogP contribution < -0.4 is 5.09 Å². The van der Waals surface area contributed by atoms with Gasteiger partial charge >= 0.3 is 7.75 Å². The topological polar surface area (TPSA) is 64.6 Å². The van der Waals surface area contributed by atoms with Crippen LogP contribution in [0.1, 0.15) is 29.8 Å². The molecule has 0 saturated heterocycles. The second-order valence-corrected chi connectivity index (χ2v) is 6.78. The lowest BCUT2D eigenvalue weighted by Gasteiger charge is -2.20. The minimum Gasteiger partial charge on any atom is -0.293 e. The monoisotopic (exact) mass is 331 g/mol. The summed E-state index contributed by atoms with van der Waals surface area (Å²) in [4.78, 5) is 12.5. The average molecular weight is 331 g/mol. The molecule has 0 amide bonds. The van der Waals surface area contributed by atoms with Crippen molar-refractivity contribution in [2.45, 2.75) is 13.8 Å². The Bertz CT molecular complexity index is 793. The van der Waals surface area contributed by atoms with Crippen molar-refractivity contribution in [3.05, 3.63) is 53.6 Å². The Kier molecular flexibility index (Phi) is 4.35. The van der Waals surface area contributed by atoms with E-state index in [1.165, 1.54) is 0 Å². The first-order valence-corrected chi connectivity index (χ1v) is 9.08. The Hall–Kier alpha value is -1.94. The molecule has 6 heteroatoms. The molecule has 2 aromatic rings. The van der Waals surface area contributed by atoms with Crippen LogP contribution in [0.5, 0.6) is 0 Å². The Balaban J connectivity index is 2.08. The minimum atomic E-state index is -3.47. The minimum absolute atomic E-state index is 0.0260. The summed E-state index contributed by atoms with van der Waals surface area (Å²) >= 11 is 0. The maximum atomic E-state index is 12.7. The van der Waals surface area contributed by atoms with Crippen molar-refractivity contribution < 1.29 is 18.4 Å². The van der Waals surface area contributed by atoms with Crippen molar-refractivity contribution >= 4 is 19.2 Å². The fraction of sp³-hybridized carbons (Fsp3) is 0.235. The van der Waals surface area contributed by atoms with Crippen LogP contribution in [0.15, 0.2) is 42.5 Å². The molecule has 1 aliphatic rings. The number of hydrogen-bond donors (Lipinski definition) is 1. The lowest BCUT2D eigenvalue weighted by atomic mass is 10.0. The molecule has 0 fully saturated rings. The first kappa shape index (κ1) is 15.9. The molecule has 23 heavy (non-hydrogen) atoms. The number of hydrogen-bond acceptors (Lipinski definition) is 4. The number of anilines is 1. The van der Waals surface area contributed by atoms with E-state index in [0.29, 0.717) is 16.8 Å². The SMILES string of the molecule is CCOP(=O)(Nc1cccc2c1-c1ccccc1C2=O)OCC. The van der Waals surface area contributed by atoms with Crippen molar-refractivity contribution in [3.63, 3.8) is 0 Å². The van der Waals surface area contributed by atoms with Gasteiger partial charge in [-0.25, -0.2) is 4.57 Å². The highest BCUT2D eigenvalue weighted by Gasteiger charge is 2.31. The van der Waals surface area contributed by atoms with Crippen LogP contribution in [0, 0.1) is 0 Å². The summed E-state index contributed by atoms with van der Waals surface area (Å²) in [6.45, 7) is 4.02. The van der Waals surface area contributed by atoms with Crippen LogP contribution >= 0.6 is 7.75 Å². The van der Waals surface area contributed by atoms with E-state index < -0.39 is 7.75 Å². The van der Waals surface area contributed by atoms with Crippen LogP contribution in [0.4, 0.5) is 5.69 Å². The normalized spacial score (nSPS) is 12.9. The molecule has 1 N–H and O–H groups in total. The van der Waals surface area contributed by atoms with Crippen LogP contribution in [0.3, 0.4) is 0 Å². The molecule has 0 aliphatic heterocycles. The lowest BCUT2D eigenvalue weighted by Crippen LogP contribution is -2.06. The largest absolute Gasteiger partial charge is 0.432 e. The molecular weight excluding hydrogens is 313 g/mol. The zero-order valence-electron chi connectivity index (χ0n) is 13.0. The Morgan fingerprint density at radius 3 is 2.17 bits per heavy atom. The van der Waals surface area contributed by atoms with Gasteiger partial charge in [0.1, 0.15) is 0 Å². The van der Waals surface area contributed by atoms with E-state index in [1.807, 2.05) is 18.2 Å². The van der Waals surface area contributed by atoms with Gasteiger partial charge < -0.3 is 0 Å². The molecule has 0 heterocycles. The third kappa shape index (κ3) is 2.83. The summed E-state index contributed by atoms with van der Waals surface area (Å²) in [5.74, 6) is -0.0260. The molecule has 1 aliphatic carbocycles. The molecule has 0 bridgehead atoms. The highest BCUT2D eigenvalue weighted by atomic mass is 31.2. The maximum Gasteiger partial charge on any atom is 0.432 e. The summed E-state index contributed by atoms with van der Waals surface area (Å²) in [5.41, 5.74) is 3.39. The summed E-state index contributed by atoms with van der Waals surface area (Å²) < 4.78 is 23.3. The van der Waals surface area contributed by atoms with Gasteiger partial charge in [-0.15, -0.1) is 0 Å². The third-order valence-electron chi connectivity index (χ3n) is 3.61. The first-order valence-electron chi connectivity index (χ1n) is 7.54. The standard InChI is InChI=1S/C17H18NO4P/c1-3-21-23(20,22-4-2)18-15-11-7-10-14-16(15)12-8-5-6-9-13(12)17(14)19/h5-11H,3-4H2,1-2H3,(H,18,20). The van der Waals surface area contributed by atoms with E-state index in [1.54, 1.807) is 38.1 Å². The van der Waals surface area contributed by atoms with Crippen molar-refractivity contribution in [1.29, 1.82) is 0 Å². The number of ketones is 1. The van der Waals surface area contributed by atoms with E-state index in [9.17, 15) is 9.36 Å². The fourth-order valence-corrected chi connectivity index (χ4v) is 4.12. The van der Waals surface area contributed by atoms with Crippen LogP contribution in [0.2, 0.25) is 0 Å². The number of nitrogens with one attached hydrogen (secondary N) is 1. The zero-order valence-corrected chi connectivity index (χ0v) is 13.9. The van der Waals surface area contributed by atoms with E-state index in [2.05, 4.69) is 5.09 Å². The highest BCUT2D eigenvalue weighted by Crippen LogP contribution is 2.51. The van der Waals surface area contributed by atoms with Gasteiger partial charge in [0.25, 0.3) is 0 Å². The van der Waals surface area contributed by atoms with Gasteiger partial charge in [-0.1, -0.05) is 36.4 Å². The molecule has 5 nitrogen and oxygen atoms in total. The maximum absolute atomic E-state index is 12.7. The van der Waals surface area contributed by atoms with Gasteiger partial charge in [-0.2, -0.15) is 0 Å². The Morgan fingerprint density at radius 2 is 1.52 bits per heavy atom. The second kappa shape index (κ2) is 6.28. The van der Waals surface area contributed by atoms with Crippen molar-refractivity contribution in [2.24, 2.45) is 0 Å². The van der Waals surface area contributed by atoms with Gasteiger partial charge in [0.15, 0.2) is 5.78 Å². The molecule has 0 aromatic heterocycles. The third-order valence-corrected chi connectivity index (χ3v) is 5.32. The Labute approximate surface area is 135 Å². The van der Waals surface area contributed by atoms with E-state index >= 15 is 0 Å². The van der Waals surface area contributed by atoms with E-state index in [4.69, 9.17) is 9.05 Å². The van der Waals surface area contributed by atoms with Crippen LogP contribution in [0.25, 0.3) is 11.1 Å². The summed E-state index contributed by atoms with van der Waals surface area (Å²) in [6, 6.07) is 12.7. The number of fused-ring (bicyclic) bond motifs is 3. The second-order valence-electron chi connectivity index (χ2n) is 5.05. The smallest absolute Gasteiger partial charge is 0.293 e. The molecule has 2 aromatic carbocycles. The van der Waals surface area contributed by atoms with Crippen molar-refractivity contribution in [2.75, 3.05) is 18.3 Å². The summed E-state index contributed by atoms with van der Waals surface area (Å²) in [6.07, 6.45) is 0. The van der Waals surface area contributed by atoms with Gasteiger partial charge in [0.05, 0.1) is 18.9 Å². The fourth-order valence-electron chi connectivity index (χ4n) is 2.76. The van der Waals surface area contributed by atoms with E-state index in [-0.39, 0.29) is 19.0 Å². The van der Waals surface area contributed by atoms with Gasteiger partial charge in [-0.05, 0) is 25.5 Å². The number of carbonyl (C=O) groups excluding carboxylic acids is 1. The van der Waals surface area contributed by atoms with Crippen LogP contribution in [-0.4, -0.2) is 19.0 Å². The molecule has 0 atom stereocenters. The van der Waals surface area contributed by atoms with Gasteiger partial charge in [-0.3, -0.25) is 18.9 Å². The molecule has 3 rings (SSSR count). The number of rotatable bonds is 6. The average Bonchev–Trinajstić information content (AvgIpc) is 2.82. The van der Waals surface area contributed by atoms with E-state index in [0.717, 1.165) is 11.1 Å². The number of carbonyl (C=O) groups is 1. The highest BCUT2D eigenvalue weighted by molar-refractivity contribution is 7.55. The zero-order chi connectivity index (χ0) is 16.4. The van der Waals surface area contributed by atoms with Gasteiger partial charge in [0.2, 0.25) is 0 Å². The van der Waals surface area contributed by atoms with Crippen molar-refractivity contribution in [3.8, 4) is 11.1 Å². The molecule has 0 spiro atoms. The molecule has 120 valence electrons. The number of benzene rings is 2. The van der Waals surface area contributed by atoms with Crippen molar-refractivity contribution in [1.82, 2.24) is 0 Å².